The van der Waals surface area contributed by atoms with Gasteiger partial charge < -0.3 is 19.9 Å². The van der Waals surface area contributed by atoms with Crippen LogP contribution in [0.25, 0.3) is 0 Å². The van der Waals surface area contributed by atoms with Crippen LogP contribution in [0.1, 0.15) is 11.1 Å². The molecule has 0 saturated carbocycles. The summed E-state index contributed by atoms with van der Waals surface area (Å²) in [6, 6.07) is 9.88. The van der Waals surface area contributed by atoms with Crippen LogP contribution in [0.2, 0.25) is 0 Å². The average Bonchev–Trinajstić information content (AvgIpc) is 3.11. The highest BCUT2D eigenvalue weighted by Crippen LogP contribution is 2.26. The lowest BCUT2D eigenvalue weighted by molar-refractivity contribution is -0.115. The molecule has 6 nitrogen and oxygen atoms in total. The first kappa shape index (κ1) is 16.8. The molecule has 1 aromatic heterocycles. The van der Waals surface area contributed by atoms with Gasteiger partial charge in [-0.1, -0.05) is 12.1 Å². The number of amides is 1. The molecular weight excluding hydrogens is 328 g/mol. The zero-order chi connectivity index (χ0) is 17.9. The lowest BCUT2D eigenvalue weighted by Gasteiger charge is -2.33. The average molecular weight is 352 g/mol. The molecule has 0 bridgehead atoms. The number of carbonyl (C=O) groups excluding carboxylic acids is 1. The van der Waals surface area contributed by atoms with Crippen LogP contribution in [-0.2, 0) is 17.6 Å². The Morgan fingerprint density at radius 2 is 2.04 bits per heavy atom. The maximum absolute atomic E-state index is 12.3. The number of fused-ring (bicyclic) bond motifs is 1. The number of ether oxygens (including phenoxy) is 1. The molecule has 6 heteroatoms. The summed E-state index contributed by atoms with van der Waals surface area (Å²) in [5.41, 5.74) is 2.93. The van der Waals surface area contributed by atoms with Crippen molar-refractivity contribution >= 4 is 17.4 Å². The summed E-state index contributed by atoms with van der Waals surface area (Å²) >= 11 is 0. The van der Waals surface area contributed by atoms with Crippen LogP contribution in [-0.4, -0.2) is 55.6 Å². The minimum Gasteiger partial charge on any atom is -0.493 e. The molecule has 0 atom stereocenters. The maximum atomic E-state index is 12.3. The first-order valence-corrected chi connectivity index (χ1v) is 9.11. The molecule has 0 unspecified atom stereocenters. The Morgan fingerprint density at radius 1 is 1.19 bits per heavy atom. The van der Waals surface area contributed by atoms with Gasteiger partial charge in [-0.25, -0.2) is 4.98 Å². The molecule has 3 heterocycles. The lowest BCUT2D eigenvalue weighted by Crippen LogP contribution is -2.44. The van der Waals surface area contributed by atoms with E-state index < -0.39 is 0 Å². The Labute approximate surface area is 153 Å². The van der Waals surface area contributed by atoms with E-state index in [-0.39, 0.29) is 5.91 Å². The number of carbonyl (C=O) groups is 1. The van der Waals surface area contributed by atoms with Crippen molar-refractivity contribution < 1.29 is 9.53 Å². The van der Waals surface area contributed by atoms with Crippen molar-refractivity contribution in [1.82, 2.24) is 9.88 Å². The first-order valence-electron chi connectivity index (χ1n) is 9.11. The van der Waals surface area contributed by atoms with E-state index in [0.717, 1.165) is 62.0 Å². The van der Waals surface area contributed by atoms with Gasteiger partial charge in [0.25, 0.3) is 0 Å². The molecule has 0 spiro atoms. The fourth-order valence-corrected chi connectivity index (χ4v) is 3.42. The zero-order valence-electron chi connectivity index (χ0n) is 15.1. The Bertz CT molecular complexity index is 783. The van der Waals surface area contributed by atoms with Gasteiger partial charge in [-0.3, -0.25) is 4.79 Å². The fourth-order valence-electron chi connectivity index (χ4n) is 3.42. The van der Waals surface area contributed by atoms with E-state index >= 15 is 0 Å². The predicted molar refractivity (Wildman–Crippen MR) is 102 cm³/mol. The number of rotatable bonds is 4. The second kappa shape index (κ2) is 7.33. The van der Waals surface area contributed by atoms with Gasteiger partial charge in [-0.05, 0) is 36.4 Å². The zero-order valence-corrected chi connectivity index (χ0v) is 15.1. The van der Waals surface area contributed by atoms with Gasteiger partial charge in [-0.15, -0.1) is 0 Å². The molecule has 2 aliphatic heterocycles. The van der Waals surface area contributed by atoms with Crippen LogP contribution in [0.5, 0.6) is 5.75 Å². The van der Waals surface area contributed by atoms with Gasteiger partial charge in [-0.2, -0.15) is 0 Å². The quantitative estimate of drug-likeness (QED) is 0.911. The number of nitrogens with zero attached hydrogens (tertiary/aromatic N) is 3. The van der Waals surface area contributed by atoms with Crippen molar-refractivity contribution in [1.29, 1.82) is 0 Å². The summed E-state index contributed by atoms with van der Waals surface area (Å²) in [6.45, 7) is 4.79. The Balaban J connectivity index is 1.34. The molecule has 1 aromatic carbocycles. The molecule has 0 aliphatic carbocycles. The third-order valence-electron chi connectivity index (χ3n) is 4.98. The normalized spacial score (nSPS) is 16.9. The van der Waals surface area contributed by atoms with Crippen LogP contribution < -0.4 is 15.0 Å². The number of hydrogen-bond acceptors (Lipinski definition) is 5. The van der Waals surface area contributed by atoms with Crippen LogP contribution in [0, 0.1) is 0 Å². The minimum atomic E-state index is -0.0296. The van der Waals surface area contributed by atoms with Crippen molar-refractivity contribution in [2.45, 2.75) is 12.8 Å². The second-order valence-corrected chi connectivity index (χ2v) is 6.96. The Hall–Kier alpha value is -2.60. The molecule has 26 heavy (non-hydrogen) atoms. The van der Waals surface area contributed by atoms with E-state index in [1.54, 1.807) is 6.20 Å². The number of likely N-dealkylation sites (N-methyl/N-ethyl adjacent to an activating group) is 1. The van der Waals surface area contributed by atoms with Crippen molar-refractivity contribution in [2.75, 3.05) is 50.1 Å². The van der Waals surface area contributed by atoms with Gasteiger partial charge in [0.1, 0.15) is 11.6 Å². The van der Waals surface area contributed by atoms with Gasteiger partial charge >= 0.3 is 0 Å². The van der Waals surface area contributed by atoms with E-state index in [0.29, 0.717) is 6.42 Å². The maximum Gasteiger partial charge on any atom is 0.228 e. The molecule has 1 fully saturated rings. The highest BCUT2D eigenvalue weighted by Gasteiger charge is 2.16. The van der Waals surface area contributed by atoms with E-state index in [4.69, 9.17) is 4.74 Å². The van der Waals surface area contributed by atoms with Crippen molar-refractivity contribution in [3.05, 3.63) is 47.7 Å². The number of benzene rings is 1. The van der Waals surface area contributed by atoms with Crippen molar-refractivity contribution in [3.8, 4) is 5.75 Å². The molecule has 0 radical (unpaired) electrons. The molecule has 1 N–H and O–H groups in total. The van der Waals surface area contributed by atoms with Crippen LogP contribution in [0.3, 0.4) is 0 Å². The highest BCUT2D eigenvalue weighted by atomic mass is 16.5. The SMILES string of the molecule is CN1CCN(c2ccc(NC(=O)Cc3ccc4c(c3)CCO4)cn2)CC1. The number of piperazine rings is 1. The van der Waals surface area contributed by atoms with Crippen LogP contribution in [0.15, 0.2) is 36.5 Å². The van der Waals surface area contributed by atoms with Crippen molar-refractivity contribution in [2.24, 2.45) is 0 Å². The Morgan fingerprint density at radius 3 is 2.81 bits per heavy atom. The summed E-state index contributed by atoms with van der Waals surface area (Å²) in [5.74, 6) is 1.88. The van der Waals surface area contributed by atoms with Crippen LogP contribution >= 0.6 is 0 Å². The van der Waals surface area contributed by atoms with Gasteiger partial charge in [0.15, 0.2) is 0 Å². The number of aromatic nitrogens is 1. The highest BCUT2D eigenvalue weighted by molar-refractivity contribution is 5.92. The second-order valence-electron chi connectivity index (χ2n) is 6.96. The number of pyridine rings is 1. The number of hydrogen-bond donors (Lipinski definition) is 1. The minimum absolute atomic E-state index is 0.0296. The molecule has 4 rings (SSSR count). The van der Waals surface area contributed by atoms with Gasteiger partial charge in [0.2, 0.25) is 5.91 Å². The van der Waals surface area contributed by atoms with E-state index in [2.05, 4.69) is 33.2 Å². The topological polar surface area (TPSA) is 57.7 Å². The molecular formula is C20H24N4O2. The first-order chi connectivity index (χ1) is 12.7. The molecule has 136 valence electrons. The number of anilines is 2. The van der Waals surface area contributed by atoms with E-state index in [1.807, 2.05) is 24.3 Å². The third-order valence-corrected chi connectivity index (χ3v) is 4.98. The number of nitrogens with one attached hydrogen (secondary N) is 1. The summed E-state index contributed by atoms with van der Waals surface area (Å²) in [7, 11) is 2.14. The third kappa shape index (κ3) is 3.80. The summed E-state index contributed by atoms with van der Waals surface area (Å²) < 4.78 is 5.51. The molecule has 2 aliphatic rings. The van der Waals surface area contributed by atoms with Crippen molar-refractivity contribution in [3.63, 3.8) is 0 Å². The summed E-state index contributed by atoms with van der Waals surface area (Å²) in [4.78, 5) is 21.4. The standard InChI is InChI=1S/C20H24N4O2/c1-23-7-9-24(10-8-23)19-5-3-17(14-21-19)22-20(25)13-15-2-4-18-16(12-15)6-11-26-18/h2-5,12,14H,6-11,13H2,1H3,(H,22,25). The summed E-state index contributed by atoms with van der Waals surface area (Å²) in [6.07, 6.45) is 3.01. The Kier molecular flexibility index (Phi) is 4.75. The molecule has 1 saturated heterocycles. The largest absolute Gasteiger partial charge is 0.493 e. The fraction of sp³-hybridized carbons (Fsp3) is 0.400. The predicted octanol–water partition coefficient (Wildman–Crippen LogP) is 1.95. The lowest BCUT2D eigenvalue weighted by atomic mass is 10.1. The summed E-state index contributed by atoms with van der Waals surface area (Å²) in [5, 5.41) is 2.94. The molecule has 2 aromatic rings. The monoisotopic (exact) mass is 352 g/mol. The van der Waals surface area contributed by atoms with Gasteiger partial charge in [0.05, 0.1) is 24.9 Å². The smallest absolute Gasteiger partial charge is 0.228 e. The van der Waals surface area contributed by atoms with Crippen LogP contribution in [0.4, 0.5) is 11.5 Å². The molecule has 1 amide bonds. The van der Waals surface area contributed by atoms with E-state index in [9.17, 15) is 4.79 Å². The van der Waals surface area contributed by atoms with Gasteiger partial charge in [0, 0.05) is 32.6 Å². The van der Waals surface area contributed by atoms with E-state index in [1.165, 1.54) is 5.56 Å².